The third-order valence-corrected chi connectivity index (χ3v) is 4.11. The van der Waals surface area contributed by atoms with Crippen molar-refractivity contribution in [1.82, 2.24) is 20.5 Å². The monoisotopic (exact) mass is 370 g/mol. The number of rotatable bonds is 6. The molecule has 3 rings (SSSR count). The van der Waals surface area contributed by atoms with E-state index in [-0.39, 0.29) is 34.5 Å². The minimum atomic E-state index is -0.564. The predicted octanol–water partition coefficient (Wildman–Crippen LogP) is 3.27. The lowest BCUT2D eigenvalue weighted by molar-refractivity contribution is 0.630. The molecule has 0 saturated heterocycles. The van der Waals surface area contributed by atoms with Crippen LogP contribution in [-0.4, -0.2) is 27.9 Å². The van der Waals surface area contributed by atoms with Crippen molar-refractivity contribution >= 4 is 11.4 Å². The molecule has 0 radical (unpaired) electrons. The third-order valence-electron chi connectivity index (χ3n) is 4.11. The molecule has 0 aliphatic heterocycles. The van der Waals surface area contributed by atoms with E-state index in [0.29, 0.717) is 24.4 Å². The Kier molecular flexibility index (Phi) is 5.56. The number of benzene rings is 1. The van der Waals surface area contributed by atoms with Crippen LogP contribution < -0.4 is 11.1 Å². The van der Waals surface area contributed by atoms with Crippen molar-refractivity contribution in [2.45, 2.75) is 13.0 Å². The van der Waals surface area contributed by atoms with Gasteiger partial charge in [0.05, 0.1) is 17.8 Å². The second-order valence-corrected chi connectivity index (χ2v) is 6.18. The molecule has 1 unspecified atom stereocenters. The highest BCUT2D eigenvalue weighted by Gasteiger charge is 2.16. The average Bonchev–Trinajstić information content (AvgIpc) is 3.08. The molecular weight excluding hydrogens is 350 g/mol. The molecular formula is C19H20F2N6. The lowest BCUT2D eigenvalue weighted by Gasteiger charge is -2.10. The van der Waals surface area contributed by atoms with Crippen LogP contribution >= 0.6 is 0 Å². The number of anilines is 1. The molecule has 8 heteroatoms. The second-order valence-electron chi connectivity index (χ2n) is 6.18. The Labute approximate surface area is 155 Å². The molecule has 0 spiro atoms. The van der Waals surface area contributed by atoms with E-state index in [2.05, 4.69) is 20.5 Å². The van der Waals surface area contributed by atoms with Crippen LogP contribution in [-0.2, 0) is 6.54 Å². The summed E-state index contributed by atoms with van der Waals surface area (Å²) in [5, 5.41) is 17.9. The van der Waals surface area contributed by atoms with Gasteiger partial charge in [0.2, 0.25) is 0 Å². The topological polar surface area (TPSA) is 103 Å². The summed E-state index contributed by atoms with van der Waals surface area (Å²) < 4.78 is 27.7. The Balaban J connectivity index is 1.86. The Morgan fingerprint density at radius 1 is 1.44 bits per heavy atom. The summed E-state index contributed by atoms with van der Waals surface area (Å²) in [6.07, 6.45) is 8.58. The van der Waals surface area contributed by atoms with E-state index in [1.165, 1.54) is 18.2 Å². The van der Waals surface area contributed by atoms with Gasteiger partial charge in [-0.2, -0.15) is 5.10 Å². The molecule has 1 heterocycles. The molecule has 140 valence electrons. The van der Waals surface area contributed by atoms with Gasteiger partial charge in [0.15, 0.2) is 5.82 Å². The number of nitrogens with two attached hydrogens (primary N) is 1. The Hall–Kier alpha value is -3.13. The molecule has 1 aromatic carbocycles. The van der Waals surface area contributed by atoms with E-state index < -0.39 is 5.82 Å². The fourth-order valence-corrected chi connectivity index (χ4v) is 2.77. The maximum atomic E-state index is 14.4. The van der Waals surface area contributed by atoms with Crippen LogP contribution in [0.2, 0.25) is 0 Å². The summed E-state index contributed by atoms with van der Waals surface area (Å²) in [5.41, 5.74) is 6.65. The highest BCUT2D eigenvalue weighted by Crippen LogP contribution is 2.26. The molecule has 2 aromatic rings. The minimum absolute atomic E-state index is 0.100. The van der Waals surface area contributed by atoms with Crippen molar-refractivity contribution in [1.29, 1.82) is 5.41 Å². The summed E-state index contributed by atoms with van der Waals surface area (Å²) in [4.78, 5) is 4.23. The minimum Gasteiger partial charge on any atom is -0.398 e. The highest BCUT2D eigenvalue weighted by atomic mass is 19.1. The van der Waals surface area contributed by atoms with Crippen LogP contribution in [0.1, 0.15) is 17.8 Å². The number of nitrogen functional groups attached to an aromatic ring is 1. The summed E-state index contributed by atoms with van der Waals surface area (Å²) in [6, 6.07) is 2.62. The van der Waals surface area contributed by atoms with Crippen molar-refractivity contribution in [2.24, 2.45) is 5.92 Å². The zero-order valence-corrected chi connectivity index (χ0v) is 14.8. The largest absolute Gasteiger partial charge is 0.398 e. The van der Waals surface area contributed by atoms with E-state index in [4.69, 9.17) is 11.1 Å². The predicted molar refractivity (Wildman–Crippen MR) is 101 cm³/mol. The van der Waals surface area contributed by atoms with Gasteiger partial charge in [0.1, 0.15) is 17.5 Å². The SMILES string of the molecule is CNCc1nc(-c2cc(C(=N)/C=C/C3C=C(F)C=CC3)c(N)cc2F)n[nH]1. The van der Waals surface area contributed by atoms with E-state index in [9.17, 15) is 8.78 Å². The van der Waals surface area contributed by atoms with Gasteiger partial charge in [-0.1, -0.05) is 12.2 Å². The van der Waals surface area contributed by atoms with Gasteiger partial charge in [0.25, 0.3) is 0 Å². The standard InChI is InChI=1S/C19H20F2N6/c1-24-10-18-25-19(27-26-18)13-8-14(17(23)9-15(13)21)16(22)6-5-11-3-2-4-12(20)7-11/h2,4-9,11,22,24H,3,10,23H2,1H3,(H,25,26,27)/b6-5+,22-16?. The summed E-state index contributed by atoms with van der Waals surface area (Å²) in [6.45, 7) is 0.467. The molecule has 1 aliphatic rings. The fraction of sp³-hybridized carbons (Fsp3) is 0.211. The lowest BCUT2D eigenvalue weighted by Crippen LogP contribution is -2.06. The number of nitrogens with zero attached hydrogens (tertiary/aromatic N) is 2. The molecule has 6 nitrogen and oxygen atoms in total. The van der Waals surface area contributed by atoms with Gasteiger partial charge in [-0.05, 0) is 43.8 Å². The van der Waals surface area contributed by atoms with Crippen LogP contribution in [0.3, 0.4) is 0 Å². The van der Waals surface area contributed by atoms with E-state index in [1.54, 1.807) is 25.3 Å². The van der Waals surface area contributed by atoms with Crippen LogP contribution in [0.5, 0.6) is 0 Å². The van der Waals surface area contributed by atoms with Crippen molar-refractivity contribution in [3.05, 3.63) is 65.5 Å². The van der Waals surface area contributed by atoms with Crippen LogP contribution in [0.25, 0.3) is 11.4 Å². The van der Waals surface area contributed by atoms with Crippen LogP contribution in [0, 0.1) is 17.1 Å². The molecule has 0 fully saturated rings. The second kappa shape index (κ2) is 8.05. The first-order valence-corrected chi connectivity index (χ1v) is 8.44. The van der Waals surface area contributed by atoms with Gasteiger partial charge in [-0.15, -0.1) is 0 Å². The molecule has 1 aromatic heterocycles. The Morgan fingerprint density at radius 2 is 2.26 bits per heavy atom. The van der Waals surface area contributed by atoms with Crippen molar-refractivity contribution < 1.29 is 8.78 Å². The number of allylic oxidation sites excluding steroid dienone is 6. The van der Waals surface area contributed by atoms with Gasteiger partial charge in [-0.3, -0.25) is 5.10 Å². The van der Waals surface area contributed by atoms with E-state index in [0.717, 1.165) is 6.07 Å². The first-order chi connectivity index (χ1) is 13.0. The highest BCUT2D eigenvalue weighted by molar-refractivity contribution is 6.10. The van der Waals surface area contributed by atoms with Gasteiger partial charge < -0.3 is 16.5 Å². The smallest absolute Gasteiger partial charge is 0.184 e. The fourth-order valence-electron chi connectivity index (χ4n) is 2.77. The van der Waals surface area contributed by atoms with Crippen molar-refractivity contribution in [3.8, 4) is 11.4 Å². The number of hydrogen-bond acceptors (Lipinski definition) is 5. The molecule has 0 amide bonds. The number of nitrogens with one attached hydrogen (secondary N) is 3. The molecule has 27 heavy (non-hydrogen) atoms. The summed E-state index contributed by atoms with van der Waals surface area (Å²) in [7, 11) is 1.76. The lowest BCUT2D eigenvalue weighted by atomic mass is 9.97. The van der Waals surface area contributed by atoms with Crippen LogP contribution in [0.15, 0.2) is 48.3 Å². The zero-order chi connectivity index (χ0) is 19.4. The number of hydrogen-bond donors (Lipinski definition) is 4. The maximum Gasteiger partial charge on any atom is 0.184 e. The normalized spacial score (nSPS) is 16.7. The molecule has 1 aliphatic carbocycles. The van der Waals surface area contributed by atoms with Gasteiger partial charge in [0, 0.05) is 17.2 Å². The van der Waals surface area contributed by atoms with Crippen molar-refractivity contribution in [3.63, 3.8) is 0 Å². The van der Waals surface area contributed by atoms with Gasteiger partial charge in [-0.25, -0.2) is 13.8 Å². The van der Waals surface area contributed by atoms with Crippen molar-refractivity contribution in [2.75, 3.05) is 12.8 Å². The summed E-state index contributed by atoms with van der Waals surface area (Å²) >= 11 is 0. The van der Waals surface area contributed by atoms with Gasteiger partial charge >= 0.3 is 0 Å². The number of halogens is 2. The molecule has 1 atom stereocenters. The summed E-state index contributed by atoms with van der Waals surface area (Å²) in [5.74, 6) is -0.232. The number of aromatic amines is 1. The number of aromatic nitrogens is 3. The quantitative estimate of drug-likeness (QED) is 0.463. The first kappa shape index (κ1) is 18.7. The van der Waals surface area contributed by atoms with Crippen LogP contribution in [0.4, 0.5) is 14.5 Å². The van der Waals surface area contributed by atoms with E-state index in [1.807, 2.05) is 0 Å². The third kappa shape index (κ3) is 4.35. The molecule has 0 saturated carbocycles. The molecule has 5 N–H and O–H groups in total. The molecule has 0 bridgehead atoms. The number of H-pyrrole nitrogens is 1. The van der Waals surface area contributed by atoms with E-state index >= 15 is 0 Å². The maximum absolute atomic E-state index is 14.4. The first-order valence-electron chi connectivity index (χ1n) is 8.44. The average molecular weight is 370 g/mol. The zero-order valence-electron chi connectivity index (χ0n) is 14.8. The Morgan fingerprint density at radius 3 is 3.00 bits per heavy atom. The Bertz CT molecular complexity index is 942.